The molecule has 0 atom stereocenters. The maximum Gasteiger partial charge on any atom is 0.319 e. The van der Waals surface area contributed by atoms with Crippen molar-refractivity contribution in [3.8, 4) is 11.3 Å². The van der Waals surface area contributed by atoms with Crippen molar-refractivity contribution in [2.75, 3.05) is 4.90 Å². The molecule has 0 spiro atoms. The van der Waals surface area contributed by atoms with Crippen LogP contribution in [0.2, 0.25) is 0 Å². The van der Waals surface area contributed by atoms with Crippen molar-refractivity contribution in [3.63, 3.8) is 0 Å². The molecule has 0 aliphatic carbocycles. The van der Waals surface area contributed by atoms with Gasteiger partial charge in [0, 0.05) is 34.7 Å². The van der Waals surface area contributed by atoms with Gasteiger partial charge in [-0.3, -0.25) is 9.88 Å². The van der Waals surface area contributed by atoms with Gasteiger partial charge in [0.25, 0.3) is 0 Å². The van der Waals surface area contributed by atoms with E-state index in [9.17, 15) is 4.79 Å². The minimum Gasteiger partial charge on any atom is -0.355 e. The van der Waals surface area contributed by atoms with Crippen molar-refractivity contribution in [2.24, 2.45) is 5.73 Å². The molecule has 5 heteroatoms. The molecule has 4 aromatic rings. The van der Waals surface area contributed by atoms with E-state index in [1.54, 1.807) is 17.3 Å². The first kappa shape index (κ1) is 15.9. The topological polar surface area (TPSA) is 75.0 Å². The third-order valence-corrected chi connectivity index (χ3v) is 4.36. The number of nitrogens with zero attached hydrogens (tertiary/aromatic N) is 2. The van der Waals surface area contributed by atoms with Crippen LogP contribution in [0.15, 0.2) is 79.1 Å². The zero-order valence-electron chi connectivity index (χ0n) is 14.1. The van der Waals surface area contributed by atoms with Gasteiger partial charge in [-0.25, -0.2) is 4.79 Å². The number of aromatic amines is 1. The zero-order valence-corrected chi connectivity index (χ0v) is 14.1. The van der Waals surface area contributed by atoms with Crippen molar-refractivity contribution < 1.29 is 4.79 Å². The molecule has 2 heterocycles. The van der Waals surface area contributed by atoms with E-state index in [0.29, 0.717) is 6.54 Å². The van der Waals surface area contributed by atoms with Crippen LogP contribution in [0.5, 0.6) is 0 Å². The van der Waals surface area contributed by atoms with Gasteiger partial charge in [-0.1, -0.05) is 30.3 Å². The van der Waals surface area contributed by atoms with Crippen LogP contribution in [0.25, 0.3) is 22.2 Å². The minimum atomic E-state index is -0.486. The molecule has 2 aromatic carbocycles. The average Bonchev–Trinajstić information content (AvgIpc) is 3.11. The highest BCUT2D eigenvalue weighted by Gasteiger charge is 2.14. The number of hydrogen-bond donors (Lipinski definition) is 2. The number of amides is 2. The lowest BCUT2D eigenvalue weighted by molar-refractivity contribution is 0.253. The number of rotatable bonds is 4. The number of primary amides is 1. The fourth-order valence-electron chi connectivity index (χ4n) is 3.03. The molecule has 2 amide bonds. The number of anilines is 1. The first-order valence-corrected chi connectivity index (χ1v) is 8.35. The van der Waals surface area contributed by atoms with Gasteiger partial charge in [0.2, 0.25) is 0 Å². The van der Waals surface area contributed by atoms with Gasteiger partial charge in [0.05, 0.1) is 6.54 Å². The lowest BCUT2D eigenvalue weighted by Gasteiger charge is -2.20. The van der Waals surface area contributed by atoms with Crippen LogP contribution in [0.3, 0.4) is 0 Å². The summed E-state index contributed by atoms with van der Waals surface area (Å²) in [7, 11) is 0. The van der Waals surface area contributed by atoms with Gasteiger partial charge in [-0.05, 0) is 47.5 Å². The normalized spacial score (nSPS) is 10.8. The summed E-state index contributed by atoms with van der Waals surface area (Å²) in [6, 6.07) is 21.3. The maximum absolute atomic E-state index is 12.0. The summed E-state index contributed by atoms with van der Waals surface area (Å²) in [4.78, 5) is 21.0. The predicted molar refractivity (Wildman–Crippen MR) is 104 cm³/mol. The van der Waals surface area contributed by atoms with E-state index in [1.165, 1.54) is 0 Å². The number of pyridine rings is 1. The summed E-state index contributed by atoms with van der Waals surface area (Å²) in [5.41, 5.74) is 10.5. The van der Waals surface area contributed by atoms with Crippen molar-refractivity contribution in [1.82, 2.24) is 9.97 Å². The quantitative estimate of drug-likeness (QED) is 0.580. The van der Waals surface area contributed by atoms with Crippen molar-refractivity contribution >= 4 is 22.6 Å². The Balaban J connectivity index is 1.70. The van der Waals surface area contributed by atoms with Crippen LogP contribution in [-0.4, -0.2) is 16.0 Å². The Hall–Kier alpha value is -3.60. The second-order valence-electron chi connectivity index (χ2n) is 6.10. The van der Waals surface area contributed by atoms with E-state index in [4.69, 9.17) is 5.73 Å². The molecule has 2 aromatic heterocycles. The molecule has 0 unspecified atom stereocenters. The summed E-state index contributed by atoms with van der Waals surface area (Å²) in [6.45, 7) is 0.402. The number of fused-ring (bicyclic) bond motifs is 1. The Kier molecular flexibility index (Phi) is 4.11. The second-order valence-corrected chi connectivity index (χ2v) is 6.10. The lowest BCUT2D eigenvalue weighted by atomic mass is 10.1. The fourth-order valence-corrected chi connectivity index (χ4v) is 3.03. The van der Waals surface area contributed by atoms with Gasteiger partial charge in [-0.2, -0.15) is 0 Å². The average molecular weight is 342 g/mol. The number of urea groups is 1. The first-order chi connectivity index (χ1) is 12.7. The molecule has 0 bridgehead atoms. The van der Waals surface area contributed by atoms with E-state index in [1.807, 2.05) is 48.5 Å². The van der Waals surface area contributed by atoms with Crippen LogP contribution < -0.4 is 10.6 Å². The van der Waals surface area contributed by atoms with Gasteiger partial charge in [-0.15, -0.1) is 0 Å². The molecule has 5 nitrogen and oxygen atoms in total. The molecule has 0 aliphatic heterocycles. The van der Waals surface area contributed by atoms with Crippen molar-refractivity contribution in [1.29, 1.82) is 0 Å². The van der Waals surface area contributed by atoms with Crippen LogP contribution in [0.4, 0.5) is 10.5 Å². The van der Waals surface area contributed by atoms with E-state index in [2.05, 4.69) is 28.2 Å². The second kappa shape index (κ2) is 6.72. The zero-order chi connectivity index (χ0) is 17.9. The van der Waals surface area contributed by atoms with Crippen molar-refractivity contribution in [2.45, 2.75) is 6.54 Å². The maximum atomic E-state index is 12.0. The monoisotopic (exact) mass is 342 g/mol. The fraction of sp³-hybridized carbons (Fsp3) is 0.0476. The largest absolute Gasteiger partial charge is 0.355 e. The van der Waals surface area contributed by atoms with Gasteiger partial charge < -0.3 is 10.7 Å². The molecule has 4 rings (SSSR count). The molecule has 0 fully saturated rings. The summed E-state index contributed by atoms with van der Waals surface area (Å²) in [6.07, 6.45) is 3.41. The Labute approximate surface area is 151 Å². The molecule has 128 valence electrons. The minimum absolute atomic E-state index is 0.402. The summed E-state index contributed by atoms with van der Waals surface area (Å²) in [5.74, 6) is 0. The highest BCUT2D eigenvalue weighted by atomic mass is 16.2. The van der Waals surface area contributed by atoms with E-state index in [-0.39, 0.29) is 0 Å². The van der Waals surface area contributed by atoms with Crippen LogP contribution >= 0.6 is 0 Å². The lowest BCUT2D eigenvalue weighted by Crippen LogP contribution is -2.35. The molecule has 0 saturated carbocycles. The highest BCUT2D eigenvalue weighted by Crippen LogP contribution is 2.28. The number of benzene rings is 2. The number of carbonyl (C=O) groups is 1. The van der Waals surface area contributed by atoms with Gasteiger partial charge in [0.15, 0.2) is 0 Å². The highest BCUT2D eigenvalue weighted by molar-refractivity contribution is 5.95. The Morgan fingerprint density at radius 2 is 1.77 bits per heavy atom. The summed E-state index contributed by atoms with van der Waals surface area (Å²) in [5, 5.41) is 1.03. The summed E-state index contributed by atoms with van der Waals surface area (Å²) >= 11 is 0. The van der Waals surface area contributed by atoms with Crippen LogP contribution in [0.1, 0.15) is 5.56 Å². The number of nitrogens with one attached hydrogen (secondary N) is 1. The Morgan fingerprint density at radius 1 is 1.00 bits per heavy atom. The third kappa shape index (κ3) is 3.15. The molecule has 0 saturated heterocycles. The van der Waals surface area contributed by atoms with Crippen molar-refractivity contribution in [3.05, 3.63) is 84.7 Å². The molecule has 3 N–H and O–H groups in total. The smallest absolute Gasteiger partial charge is 0.319 e. The van der Waals surface area contributed by atoms with Gasteiger partial charge in [0.1, 0.15) is 0 Å². The third-order valence-electron chi connectivity index (χ3n) is 4.36. The van der Waals surface area contributed by atoms with Crippen LogP contribution in [-0.2, 0) is 6.54 Å². The number of H-pyrrole nitrogens is 1. The molecular formula is C21H18N4O. The van der Waals surface area contributed by atoms with E-state index < -0.39 is 6.03 Å². The number of carbonyl (C=O) groups excluding carboxylic acids is 1. The number of hydrogen-bond acceptors (Lipinski definition) is 2. The SMILES string of the molecule is NC(=O)N(Cc1ccncc1)c1ccc2[nH]c(-c3ccccc3)cc2c1. The van der Waals surface area contributed by atoms with Crippen LogP contribution in [0, 0.1) is 0 Å². The molecule has 0 radical (unpaired) electrons. The Bertz CT molecular complexity index is 1040. The molecular weight excluding hydrogens is 324 g/mol. The van der Waals surface area contributed by atoms with E-state index >= 15 is 0 Å². The standard InChI is InChI=1S/C21H18N4O/c22-21(26)25(14-15-8-10-23-11-9-15)18-6-7-19-17(12-18)13-20(24-19)16-4-2-1-3-5-16/h1-13,24H,14H2,(H2,22,26). The Morgan fingerprint density at radius 3 is 2.50 bits per heavy atom. The predicted octanol–water partition coefficient (Wildman–Crippen LogP) is 4.32. The first-order valence-electron chi connectivity index (χ1n) is 8.35. The number of aromatic nitrogens is 2. The number of nitrogens with two attached hydrogens (primary N) is 1. The molecule has 0 aliphatic rings. The summed E-state index contributed by atoms with van der Waals surface area (Å²) < 4.78 is 0. The van der Waals surface area contributed by atoms with Gasteiger partial charge >= 0.3 is 6.03 Å². The van der Waals surface area contributed by atoms with E-state index in [0.717, 1.165) is 33.4 Å². The molecule has 26 heavy (non-hydrogen) atoms.